The van der Waals surface area contributed by atoms with Crippen molar-refractivity contribution in [3.05, 3.63) is 60.2 Å². The van der Waals surface area contributed by atoms with E-state index in [2.05, 4.69) is 26.2 Å². The van der Waals surface area contributed by atoms with E-state index in [1.165, 1.54) is 0 Å². The van der Waals surface area contributed by atoms with Gasteiger partial charge in [0.25, 0.3) is 0 Å². The van der Waals surface area contributed by atoms with Crippen LogP contribution in [0.5, 0.6) is 0 Å². The summed E-state index contributed by atoms with van der Waals surface area (Å²) in [5.74, 6) is 0.188. The lowest BCUT2D eigenvalue weighted by Crippen LogP contribution is -2.47. The number of anilines is 1. The molecule has 160 valence electrons. The number of hydrogen-bond acceptors (Lipinski definition) is 5. The summed E-state index contributed by atoms with van der Waals surface area (Å²) in [6, 6.07) is 16.6. The van der Waals surface area contributed by atoms with Crippen LogP contribution in [0.4, 0.5) is 5.69 Å². The quantitative estimate of drug-likeness (QED) is 0.586. The normalized spacial score (nSPS) is 14.3. The second kappa shape index (κ2) is 9.07. The van der Waals surface area contributed by atoms with E-state index in [1.807, 2.05) is 73.1 Å². The van der Waals surface area contributed by atoms with Crippen LogP contribution in [0.25, 0.3) is 11.4 Å². The molecule has 1 unspecified atom stereocenters. The number of nitrogens with zero attached hydrogens (tertiary/aromatic N) is 4. The van der Waals surface area contributed by atoms with Crippen molar-refractivity contribution in [2.75, 3.05) is 5.32 Å². The summed E-state index contributed by atoms with van der Waals surface area (Å²) < 4.78 is 1.83. The predicted molar refractivity (Wildman–Crippen MR) is 117 cm³/mol. The molecule has 0 aliphatic heterocycles. The van der Waals surface area contributed by atoms with Crippen molar-refractivity contribution in [1.29, 1.82) is 0 Å². The average Bonchev–Trinajstić information content (AvgIpc) is 3.48. The topological polar surface area (TPSA) is 102 Å². The van der Waals surface area contributed by atoms with Gasteiger partial charge in [-0.3, -0.25) is 9.59 Å². The van der Waals surface area contributed by atoms with Crippen molar-refractivity contribution in [2.24, 2.45) is 5.92 Å². The smallest absolute Gasteiger partial charge is 0.247 e. The van der Waals surface area contributed by atoms with Crippen LogP contribution in [-0.2, 0) is 16.0 Å². The van der Waals surface area contributed by atoms with Crippen LogP contribution in [0.1, 0.15) is 38.3 Å². The Kier molecular flexibility index (Phi) is 6.06. The van der Waals surface area contributed by atoms with Gasteiger partial charge in [-0.25, -0.2) is 4.68 Å². The summed E-state index contributed by atoms with van der Waals surface area (Å²) >= 11 is 0. The molecule has 1 atom stereocenters. The molecule has 1 saturated carbocycles. The summed E-state index contributed by atoms with van der Waals surface area (Å²) in [4.78, 5) is 25.4. The van der Waals surface area contributed by atoms with Crippen LogP contribution in [0.3, 0.4) is 0 Å². The molecule has 2 N–H and O–H groups in total. The molecule has 4 rings (SSSR count). The maximum Gasteiger partial charge on any atom is 0.247 e. The van der Waals surface area contributed by atoms with Crippen LogP contribution in [-0.4, -0.2) is 38.1 Å². The van der Waals surface area contributed by atoms with Gasteiger partial charge in [0.15, 0.2) is 5.82 Å². The minimum absolute atomic E-state index is 0.0647. The fourth-order valence-corrected chi connectivity index (χ4v) is 3.45. The van der Waals surface area contributed by atoms with Crippen molar-refractivity contribution in [2.45, 2.75) is 45.2 Å². The lowest BCUT2D eigenvalue weighted by Gasteiger charge is -2.22. The monoisotopic (exact) mass is 418 g/mol. The zero-order chi connectivity index (χ0) is 21.8. The molecule has 1 fully saturated rings. The molecule has 0 spiro atoms. The van der Waals surface area contributed by atoms with Crippen molar-refractivity contribution in [1.82, 2.24) is 25.5 Å². The Morgan fingerprint density at radius 1 is 1.10 bits per heavy atom. The average molecular weight is 419 g/mol. The molecule has 8 nitrogen and oxygen atoms in total. The molecule has 0 bridgehead atoms. The Morgan fingerprint density at radius 2 is 1.87 bits per heavy atom. The molecule has 1 aliphatic rings. The largest absolute Gasteiger partial charge is 0.344 e. The molecular formula is C23H26N6O2. The van der Waals surface area contributed by atoms with Crippen LogP contribution in [0.15, 0.2) is 54.6 Å². The first-order valence-corrected chi connectivity index (χ1v) is 10.5. The zero-order valence-corrected chi connectivity index (χ0v) is 17.7. The molecule has 1 heterocycles. The van der Waals surface area contributed by atoms with Crippen LogP contribution < -0.4 is 10.6 Å². The van der Waals surface area contributed by atoms with Gasteiger partial charge < -0.3 is 10.6 Å². The molecule has 0 saturated heterocycles. The highest BCUT2D eigenvalue weighted by atomic mass is 16.2. The number of tetrazole rings is 1. The van der Waals surface area contributed by atoms with Crippen molar-refractivity contribution < 1.29 is 9.59 Å². The fraction of sp³-hybridized carbons (Fsp3) is 0.348. The van der Waals surface area contributed by atoms with E-state index >= 15 is 0 Å². The number of hydrogen-bond donors (Lipinski definition) is 2. The lowest BCUT2D eigenvalue weighted by molar-refractivity contribution is -0.127. The summed E-state index contributed by atoms with van der Waals surface area (Å²) in [7, 11) is 0. The van der Waals surface area contributed by atoms with Gasteiger partial charge in [-0.1, -0.05) is 56.3 Å². The van der Waals surface area contributed by atoms with Gasteiger partial charge in [0, 0.05) is 11.3 Å². The molecule has 8 heteroatoms. The molecule has 2 aromatic carbocycles. The molecule has 1 aliphatic carbocycles. The number of benzene rings is 2. The van der Waals surface area contributed by atoms with Gasteiger partial charge in [0.1, 0.15) is 6.04 Å². The number of aromatic nitrogens is 4. The predicted octanol–water partition coefficient (Wildman–Crippen LogP) is 3.00. The molecule has 1 aromatic heterocycles. The van der Waals surface area contributed by atoms with Crippen LogP contribution in [0, 0.1) is 5.92 Å². The summed E-state index contributed by atoms with van der Waals surface area (Å²) in [6.07, 6.45) is 2.39. The number of amides is 2. The SMILES string of the molecule is CC(C)C(NC(=O)Cc1ccccc1)C(=O)Nc1cccc(-c2nnnn2C2CC2)c1. The molecule has 31 heavy (non-hydrogen) atoms. The first-order valence-electron chi connectivity index (χ1n) is 10.5. The Morgan fingerprint density at radius 3 is 2.58 bits per heavy atom. The van der Waals surface area contributed by atoms with Gasteiger partial charge in [-0.05, 0) is 46.9 Å². The minimum Gasteiger partial charge on any atom is -0.344 e. The highest BCUT2D eigenvalue weighted by Gasteiger charge is 2.28. The van der Waals surface area contributed by atoms with E-state index in [9.17, 15) is 9.59 Å². The summed E-state index contributed by atoms with van der Waals surface area (Å²) in [6.45, 7) is 3.82. The van der Waals surface area contributed by atoms with Gasteiger partial charge in [-0.15, -0.1) is 5.10 Å². The van der Waals surface area contributed by atoms with Crippen molar-refractivity contribution >= 4 is 17.5 Å². The van der Waals surface area contributed by atoms with Crippen molar-refractivity contribution in [3.8, 4) is 11.4 Å². The highest BCUT2D eigenvalue weighted by Crippen LogP contribution is 2.36. The minimum atomic E-state index is -0.642. The Hall–Kier alpha value is -3.55. The van der Waals surface area contributed by atoms with E-state index in [0.717, 1.165) is 24.0 Å². The van der Waals surface area contributed by atoms with E-state index in [-0.39, 0.29) is 24.2 Å². The van der Waals surface area contributed by atoms with E-state index < -0.39 is 6.04 Å². The Bertz CT molecular complexity index is 1060. The fourth-order valence-electron chi connectivity index (χ4n) is 3.45. The second-order valence-electron chi connectivity index (χ2n) is 8.20. The summed E-state index contributed by atoms with van der Waals surface area (Å²) in [5, 5.41) is 17.8. The maximum atomic E-state index is 13.0. The molecule has 3 aromatic rings. The molecule has 0 radical (unpaired) electrons. The molecular weight excluding hydrogens is 392 g/mol. The highest BCUT2D eigenvalue weighted by molar-refractivity contribution is 5.98. The number of carbonyl (C=O) groups is 2. The Labute approximate surface area is 181 Å². The lowest BCUT2D eigenvalue weighted by atomic mass is 10.0. The Balaban J connectivity index is 1.44. The zero-order valence-electron chi connectivity index (χ0n) is 17.7. The number of nitrogens with one attached hydrogen (secondary N) is 2. The van der Waals surface area contributed by atoms with Gasteiger partial charge in [0.05, 0.1) is 12.5 Å². The first-order chi connectivity index (χ1) is 15.0. The number of carbonyl (C=O) groups excluding carboxylic acids is 2. The van der Waals surface area contributed by atoms with Crippen LogP contribution in [0.2, 0.25) is 0 Å². The standard InChI is InChI=1S/C23H26N6O2/c1-15(2)21(25-20(30)13-16-7-4-3-5-8-16)23(31)24-18-10-6-9-17(14-18)22-26-27-28-29(22)19-11-12-19/h3-10,14-15,19,21H,11-13H2,1-2H3,(H,24,31)(H,25,30). The van der Waals surface area contributed by atoms with Gasteiger partial charge >= 0.3 is 0 Å². The first kappa shape index (κ1) is 20.7. The van der Waals surface area contributed by atoms with E-state index in [1.54, 1.807) is 0 Å². The maximum absolute atomic E-state index is 13.0. The van der Waals surface area contributed by atoms with Gasteiger partial charge in [-0.2, -0.15) is 0 Å². The third kappa shape index (κ3) is 5.14. The van der Waals surface area contributed by atoms with Gasteiger partial charge in [0.2, 0.25) is 11.8 Å². The number of rotatable bonds is 8. The summed E-state index contributed by atoms with van der Waals surface area (Å²) in [5.41, 5.74) is 2.38. The third-order valence-corrected chi connectivity index (χ3v) is 5.25. The second-order valence-corrected chi connectivity index (χ2v) is 8.20. The third-order valence-electron chi connectivity index (χ3n) is 5.25. The van der Waals surface area contributed by atoms with Crippen molar-refractivity contribution in [3.63, 3.8) is 0 Å². The van der Waals surface area contributed by atoms with E-state index in [0.29, 0.717) is 17.6 Å². The van der Waals surface area contributed by atoms with E-state index in [4.69, 9.17) is 0 Å². The molecule has 2 amide bonds. The van der Waals surface area contributed by atoms with Crippen LogP contribution >= 0.6 is 0 Å².